The molecule has 3 aliphatic rings. The van der Waals surface area contributed by atoms with Crippen LogP contribution in [0.4, 0.5) is 4.79 Å². The minimum atomic E-state index is -1.57. The van der Waals surface area contributed by atoms with Gasteiger partial charge < -0.3 is 20.7 Å². The predicted molar refractivity (Wildman–Crippen MR) is 123 cm³/mol. The number of carboxylic acids is 2. The van der Waals surface area contributed by atoms with Gasteiger partial charge in [0.1, 0.15) is 22.7 Å². The number of thioether (sulfide) groups is 2. The molecule has 3 rings (SSSR count). The van der Waals surface area contributed by atoms with Crippen molar-refractivity contribution in [3.8, 4) is 0 Å². The smallest absolute Gasteiger partial charge is 0.411 e. The van der Waals surface area contributed by atoms with E-state index in [0.29, 0.717) is 5.57 Å². The van der Waals surface area contributed by atoms with Crippen LogP contribution in [-0.4, -0.2) is 84.6 Å². The first kappa shape index (κ1) is 25.1. The molecular formula is C19H25N5O7S2. The van der Waals surface area contributed by atoms with E-state index in [1.54, 1.807) is 20.8 Å². The number of alkyl carbamates (subject to hydrolysis) is 1. The highest BCUT2D eigenvalue weighted by Crippen LogP contribution is 2.45. The third-order valence-electron chi connectivity index (χ3n) is 4.79. The van der Waals surface area contributed by atoms with E-state index >= 15 is 0 Å². The second-order valence-corrected chi connectivity index (χ2v) is 10.9. The number of β-lactam (4-membered cyclic amide) rings is 1. The Balaban J connectivity index is 1.95. The van der Waals surface area contributed by atoms with Crippen molar-refractivity contribution < 1.29 is 34.1 Å². The molecule has 0 aromatic carbocycles. The number of hydrogen-bond donors (Lipinski definition) is 4. The number of rotatable bonds is 8. The summed E-state index contributed by atoms with van der Waals surface area (Å²) >= 11 is 2.28. The van der Waals surface area contributed by atoms with Crippen LogP contribution in [0.25, 0.3) is 0 Å². The van der Waals surface area contributed by atoms with E-state index in [9.17, 15) is 29.4 Å². The fraction of sp³-hybridized carbons (Fsp3) is 0.579. The van der Waals surface area contributed by atoms with Crippen LogP contribution in [-0.2, 0) is 19.1 Å². The summed E-state index contributed by atoms with van der Waals surface area (Å²) in [6.07, 6.45) is 1.70. The number of amides is 2. The quantitative estimate of drug-likeness (QED) is 0.275. The normalized spacial score (nSPS) is 24.2. The van der Waals surface area contributed by atoms with Crippen LogP contribution in [0.1, 0.15) is 33.6 Å². The largest absolute Gasteiger partial charge is 0.481 e. The van der Waals surface area contributed by atoms with E-state index in [1.165, 1.54) is 24.2 Å². The van der Waals surface area contributed by atoms with Gasteiger partial charge in [-0.2, -0.15) is 0 Å². The van der Waals surface area contributed by atoms with Crippen molar-refractivity contribution in [2.75, 3.05) is 5.75 Å². The molecule has 14 heteroatoms. The molecule has 1 saturated heterocycles. The fourth-order valence-electron chi connectivity index (χ4n) is 3.44. The standard InChI is InChI=1S/C19H25N5O7S2/c1-18(2,3)31-17(30)23-19(21-6-7-22-19)33-10(4-5-11(25)26)9-8-32-15-12(20)14(27)24(15)13(9)16(28)29/h6-7,10,12,15H,4-5,8,20H2,1-3H3,(H,23,30)(H,25,26)(H,28,29)/t10?,12?,15-/m0/s1. The first-order valence-electron chi connectivity index (χ1n) is 10.00. The van der Waals surface area contributed by atoms with Crippen LogP contribution in [0.3, 0.4) is 0 Å². The van der Waals surface area contributed by atoms with E-state index < -0.39 is 51.3 Å². The summed E-state index contributed by atoms with van der Waals surface area (Å²) < 4.78 is 5.29. The number of carboxylic acid groups (broad SMARTS) is 2. The highest BCUT2D eigenvalue weighted by atomic mass is 32.2. The van der Waals surface area contributed by atoms with Gasteiger partial charge in [-0.05, 0) is 32.8 Å². The average molecular weight is 500 g/mol. The third kappa shape index (κ3) is 5.50. The lowest BCUT2D eigenvalue weighted by Gasteiger charge is -2.49. The summed E-state index contributed by atoms with van der Waals surface area (Å²) in [4.78, 5) is 57.7. The maximum atomic E-state index is 12.4. The second-order valence-electron chi connectivity index (χ2n) is 8.44. The molecule has 12 nitrogen and oxygen atoms in total. The van der Waals surface area contributed by atoms with E-state index in [1.807, 2.05) is 0 Å². The molecule has 3 heterocycles. The SMILES string of the molecule is CC(C)(C)OC(=O)NC1(SC(CCC(=O)O)C2=C(C(=O)O)N3C(=O)C(N)[C@@H]3SC2)N=CC=N1. The molecule has 0 saturated carbocycles. The summed E-state index contributed by atoms with van der Waals surface area (Å²) in [5, 5.41) is 18.9. The van der Waals surface area contributed by atoms with Crippen LogP contribution in [0, 0.1) is 0 Å². The number of carbonyl (C=O) groups excluding carboxylic acids is 2. The lowest BCUT2D eigenvalue weighted by molar-refractivity contribution is -0.148. The lowest BCUT2D eigenvalue weighted by atomic mass is 10.0. The van der Waals surface area contributed by atoms with Crippen LogP contribution in [0.5, 0.6) is 0 Å². The van der Waals surface area contributed by atoms with Gasteiger partial charge in [0.25, 0.3) is 5.12 Å². The lowest BCUT2D eigenvalue weighted by Crippen LogP contribution is -2.68. The van der Waals surface area contributed by atoms with E-state index in [2.05, 4.69) is 15.3 Å². The summed E-state index contributed by atoms with van der Waals surface area (Å²) in [7, 11) is 0. The van der Waals surface area contributed by atoms with Crippen molar-refractivity contribution in [3.05, 3.63) is 11.3 Å². The minimum absolute atomic E-state index is 0.0220. The molecule has 180 valence electrons. The first-order chi connectivity index (χ1) is 15.3. The molecule has 3 atom stereocenters. The summed E-state index contributed by atoms with van der Waals surface area (Å²) in [6, 6.07) is -0.791. The molecule has 1 fully saturated rings. The van der Waals surface area contributed by atoms with E-state index in [0.717, 1.165) is 16.7 Å². The van der Waals surface area contributed by atoms with Gasteiger partial charge in [-0.1, -0.05) is 11.8 Å². The van der Waals surface area contributed by atoms with Gasteiger partial charge in [-0.3, -0.25) is 19.8 Å². The van der Waals surface area contributed by atoms with Gasteiger partial charge in [0.2, 0.25) is 5.91 Å². The summed E-state index contributed by atoms with van der Waals surface area (Å²) in [5.41, 5.74) is 5.15. The molecule has 5 N–H and O–H groups in total. The average Bonchev–Trinajstić information content (AvgIpc) is 3.15. The number of nitrogens with two attached hydrogens (primary N) is 1. The Hall–Kier alpha value is -2.58. The topological polar surface area (TPSA) is 184 Å². The van der Waals surface area contributed by atoms with E-state index in [4.69, 9.17) is 10.5 Å². The van der Waals surface area contributed by atoms with Crippen LogP contribution >= 0.6 is 23.5 Å². The predicted octanol–water partition coefficient (Wildman–Crippen LogP) is 0.825. The molecule has 0 bridgehead atoms. The molecule has 0 aromatic heterocycles. The van der Waals surface area contributed by atoms with Crippen LogP contribution < -0.4 is 11.1 Å². The van der Waals surface area contributed by atoms with Gasteiger partial charge in [0.15, 0.2) is 0 Å². The number of aliphatic imine (C=N–C) groups is 2. The summed E-state index contributed by atoms with van der Waals surface area (Å²) in [5.74, 6) is -2.68. The molecule has 0 aromatic rings. The third-order valence-corrected chi connectivity index (χ3v) is 7.56. The number of hydrogen-bond acceptors (Lipinski definition) is 10. The second kappa shape index (κ2) is 9.35. The minimum Gasteiger partial charge on any atom is -0.481 e. The number of ether oxygens (including phenoxy) is 1. The van der Waals surface area contributed by atoms with Gasteiger partial charge in [-0.25, -0.2) is 19.6 Å². The van der Waals surface area contributed by atoms with Crippen molar-refractivity contribution in [2.45, 2.75) is 61.0 Å². The molecule has 33 heavy (non-hydrogen) atoms. The fourth-order valence-corrected chi connectivity index (χ4v) is 6.27. The van der Waals surface area contributed by atoms with Crippen molar-refractivity contribution in [2.24, 2.45) is 15.7 Å². The highest BCUT2D eigenvalue weighted by Gasteiger charge is 2.53. The highest BCUT2D eigenvalue weighted by molar-refractivity contribution is 8.02. The number of nitrogens with one attached hydrogen (secondary N) is 1. The number of carbonyl (C=O) groups is 4. The summed E-state index contributed by atoms with van der Waals surface area (Å²) in [6.45, 7) is 5.08. The number of nitrogens with zero attached hydrogens (tertiary/aromatic N) is 3. The van der Waals surface area contributed by atoms with E-state index in [-0.39, 0.29) is 24.3 Å². The Kier molecular flexibility index (Phi) is 7.10. The van der Waals surface area contributed by atoms with Crippen molar-refractivity contribution in [1.82, 2.24) is 10.2 Å². The molecular weight excluding hydrogens is 474 g/mol. The Morgan fingerprint density at radius 1 is 1.36 bits per heavy atom. The molecule has 0 radical (unpaired) electrons. The Morgan fingerprint density at radius 2 is 2.00 bits per heavy atom. The number of fused-ring (bicyclic) bond motifs is 1. The molecule has 0 spiro atoms. The van der Waals surface area contributed by atoms with Crippen molar-refractivity contribution in [3.63, 3.8) is 0 Å². The maximum absolute atomic E-state index is 12.4. The van der Waals surface area contributed by atoms with Crippen LogP contribution in [0.2, 0.25) is 0 Å². The van der Waals surface area contributed by atoms with Gasteiger partial charge in [0.05, 0.1) is 0 Å². The molecule has 0 aliphatic carbocycles. The van der Waals surface area contributed by atoms with Crippen molar-refractivity contribution in [1.29, 1.82) is 0 Å². The maximum Gasteiger partial charge on any atom is 0.411 e. The van der Waals surface area contributed by atoms with Gasteiger partial charge in [0, 0.05) is 29.9 Å². The molecule has 3 aliphatic heterocycles. The monoisotopic (exact) mass is 499 g/mol. The zero-order valence-electron chi connectivity index (χ0n) is 18.2. The Morgan fingerprint density at radius 3 is 2.55 bits per heavy atom. The Bertz CT molecular complexity index is 947. The first-order valence-corrected chi connectivity index (χ1v) is 11.9. The zero-order valence-corrected chi connectivity index (χ0v) is 19.8. The van der Waals surface area contributed by atoms with Gasteiger partial charge in [-0.15, -0.1) is 11.8 Å². The van der Waals surface area contributed by atoms with Crippen LogP contribution in [0.15, 0.2) is 21.3 Å². The van der Waals surface area contributed by atoms with Crippen molar-refractivity contribution >= 4 is 59.9 Å². The number of aliphatic carboxylic acids is 2. The molecule has 2 unspecified atom stereocenters. The zero-order chi connectivity index (χ0) is 24.6. The van der Waals surface area contributed by atoms with Gasteiger partial charge >= 0.3 is 18.0 Å². The Labute approximate surface area is 198 Å². The molecule has 2 amide bonds.